The Morgan fingerprint density at radius 1 is 1.05 bits per heavy atom. The zero-order chi connectivity index (χ0) is 15.7. The number of anilines is 1. The lowest BCUT2D eigenvalue weighted by molar-refractivity contribution is -0.115. The van der Waals surface area contributed by atoms with Crippen molar-refractivity contribution >= 4 is 11.6 Å². The first kappa shape index (κ1) is 14.4. The van der Waals surface area contributed by atoms with E-state index in [0.717, 1.165) is 22.4 Å². The average Bonchev–Trinajstić information content (AvgIpc) is 2.92. The number of hydrogen-bond acceptors (Lipinski definition) is 4. The average molecular weight is 298 g/mol. The summed E-state index contributed by atoms with van der Waals surface area (Å²) >= 11 is 0. The molecule has 5 heteroatoms. The molecular formula is C17H18N2O3. The minimum atomic E-state index is -0.315. The highest BCUT2D eigenvalue weighted by molar-refractivity contribution is 5.99. The first-order chi connectivity index (χ1) is 10.6. The molecule has 2 aromatic carbocycles. The molecule has 3 N–H and O–H groups in total. The monoisotopic (exact) mass is 298 g/mol. The van der Waals surface area contributed by atoms with Gasteiger partial charge in [0.25, 0.3) is 0 Å². The number of hydrogen-bond donors (Lipinski definition) is 2. The number of amides is 1. The van der Waals surface area contributed by atoms with E-state index in [1.807, 2.05) is 36.4 Å². The second-order valence-corrected chi connectivity index (χ2v) is 5.27. The molecular weight excluding hydrogens is 280 g/mol. The Morgan fingerprint density at radius 2 is 1.73 bits per heavy atom. The van der Waals surface area contributed by atoms with Crippen molar-refractivity contribution in [1.82, 2.24) is 0 Å². The number of carbonyl (C=O) groups is 1. The minimum Gasteiger partial charge on any atom is -0.497 e. The van der Waals surface area contributed by atoms with Crippen LogP contribution in [0.5, 0.6) is 11.5 Å². The summed E-state index contributed by atoms with van der Waals surface area (Å²) in [7, 11) is 3.22. The molecule has 1 atom stereocenters. The van der Waals surface area contributed by atoms with E-state index in [2.05, 4.69) is 5.32 Å². The van der Waals surface area contributed by atoms with Gasteiger partial charge in [-0.2, -0.15) is 0 Å². The fourth-order valence-corrected chi connectivity index (χ4v) is 2.64. The highest BCUT2D eigenvalue weighted by Crippen LogP contribution is 2.31. The smallest absolute Gasteiger partial charge is 0.228 e. The molecule has 3 rings (SSSR count). The topological polar surface area (TPSA) is 73.6 Å². The van der Waals surface area contributed by atoms with Gasteiger partial charge >= 0.3 is 0 Å². The molecule has 0 spiro atoms. The van der Waals surface area contributed by atoms with Gasteiger partial charge in [-0.05, 0) is 34.9 Å². The van der Waals surface area contributed by atoms with Crippen LogP contribution in [-0.4, -0.2) is 20.1 Å². The molecule has 1 aliphatic heterocycles. The van der Waals surface area contributed by atoms with Crippen LogP contribution in [-0.2, 0) is 11.2 Å². The highest BCUT2D eigenvalue weighted by Gasteiger charge is 2.20. The molecule has 0 saturated heterocycles. The Hall–Kier alpha value is -2.53. The van der Waals surface area contributed by atoms with Crippen LogP contribution in [0.2, 0.25) is 0 Å². The normalized spacial score (nSPS) is 14.2. The van der Waals surface area contributed by atoms with Crippen LogP contribution >= 0.6 is 0 Å². The number of benzene rings is 2. The van der Waals surface area contributed by atoms with Crippen molar-refractivity contribution in [2.75, 3.05) is 19.5 Å². The van der Waals surface area contributed by atoms with Crippen molar-refractivity contribution in [3.05, 3.63) is 53.1 Å². The first-order valence-electron chi connectivity index (χ1n) is 7.02. The van der Waals surface area contributed by atoms with Gasteiger partial charge in [-0.3, -0.25) is 4.79 Å². The zero-order valence-corrected chi connectivity index (χ0v) is 12.6. The summed E-state index contributed by atoms with van der Waals surface area (Å²) in [4.78, 5) is 11.4. The van der Waals surface area contributed by atoms with Crippen LogP contribution in [0, 0.1) is 0 Å². The third-order valence-corrected chi connectivity index (χ3v) is 3.85. The zero-order valence-electron chi connectivity index (χ0n) is 12.6. The van der Waals surface area contributed by atoms with Crippen LogP contribution in [0.25, 0.3) is 0 Å². The predicted octanol–water partition coefficient (Wildman–Crippen LogP) is 2.25. The number of rotatable bonds is 4. The highest BCUT2D eigenvalue weighted by atomic mass is 16.5. The maximum atomic E-state index is 11.4. The quantitative estimate of drug-likeness (QED) is 0.908. The second kappa shape index (κ2) is 5.69. The number of nitrogens with two attached hydrogens (primary N) is 1. The van der Waals surface area contributed by atoms with Gasteiger partial charge in [-0.1, -0.05) is 12.1 Å². The van der Waals surface area contributed by atoms with Crippen molar-refractivity contribution in [1.29, 1.82) is 0 Å². The van der Waals surface area contributed by atoms with Crippen molar-refractivity contribution in [3.8, 4) is 11.5 Å². The summed E-state index contributed by atoms with van der Waals surface area (Å²) in [6, 6.07) is 11.1. The Morgan fingerprint density at radius 3 is 2.36 bits per heavy atom. The van der Waals surface area contributed by atoms with Crippen LogP contribution in [0.3, 0.4) is 0 Å². The molecule has 5 nitrogen and oxygen atoms in total. The summed E-state index contributed by atoms with van der Waals surface area (Å²) in [5.41, 5.74) is 10.1. The molecule has 1 heterocycles. The van der Waals surface area contributed by atoms with Crippen LogP contribution < -0.4 is 20.5 Å². The van der Waals surface area contributed by atoms with Gasteiger partial charge in [-0.15, -0.1) is 0 Å². The molecule has 0 radical (unpaired) electrons. The number of nitrogens with one attached hydrogen (secondary N) is 1. The number of ether oxygens (including phenoxy) is 2. The van der Waals surface area contributed by atoms with E-state index >= 15 is 0 Å². The van der Waals surface area contributed by atoms with E-state index in [-0.39, 0.29) is 11.9 Å². The van der Waals surface area contributed by atoms with Gasteiger partial charge in [-0.25, -0.2) is 0 Å². The largest absolute Gasteiger partial charge is 0.497 e. The molecule has 0 aromatic heterocycles. The van der Waals surface area contributed by atoms with Crippen LogP contribution in [0.4, 0.5) is 5.69 Å². The Balaban J connectivity index is 1.96. The lowest BCUT2D eigenvalue weighted by Crippen LogP contribution is -2.12. The Bertz CT molecular complexity index is 706. The van der Waals surface area contributed by atoms with E-state index in [1.165, 1.54) is 0 Å². The van der Waals surface area contributed by atoms with Crippen LogP contribution in [0.1, 0.15) is 22.7 Å². The summed E-state index contributed by atoms with van der Waals surface area (Å²) < 4.78 is 10.6. The van der Waals surface area contributed by atoms with Crippen molar-refractivity contribution in [3.63, 3.8) is 0 Å². The summed E-state index contributed by atoms with van der Waals surface area (Å²) in [5, 5.41) is 2.82. The SMILES string of the molecule is COc1cc(OC)cc(C(N)c2ccc3c(c2)CC(=O)N3)c1. The third kappa shape index (κ3) is 2.63. The predicted molar refractivity (Wildman–Crippen MR) is 84.4 cm³/mol. The number of methoxy groups -OCH3 is 2. The van der Waals surface area contributed by atoms with Crippen molar-refractivity contribution in [2.45, 2.75) is 12.5 Å². The molecule has 1 aliphatic rings. The molecule has 22 heavy (non-hydrogen) atoms. The molecule has 1 amide bonds. The molecule has 0 fully saturated rings. The number of carbonyl (C=O) groups excluding carboxylic acids is 1. The third-order valence-electron chi connectivity index (χ3n) is 3.85. The molecule has 1 unspecified atom stereocenters. The minimum absolute atomic E-state index is 0.0174. The van der Waals surface area contributed by atoms with Crippen molar-refractivity contribution in [2.24, 2.45) is 5.73 Å². The lowest BCUT2D eigenvalue weighted by Gasteiger charge is -2.16. The first-order valence-corrected chi connectivity index (χ1v) is 7.02. The molecule has 114 valence electrons. The van der Waals surface area contributed by atoms with Gasteiger partial charge < -0.3 is 20.5 Å². The summed E-state index contributed by atoms with van der Waals surface area (Å²) in [6.07, 6.45) is 0.400. The van der Waals surface area contributed by atoms with Gasteiger partial charge in [0.1, 0.15) is 11.5 Å². The molecule has 0 bridgehead atoms. The summed E-state index contributed by atoms with van der Waals surface area (Å²) in [6.45, 7) is 0. The Labute approximate surface area is 129 Å². The fourth-order valence-electron chi connectivity index (χ4n) is 2.64. The van der Waals surface area contributed by atoms with E-state index in [1.54, 1.807) is 14.2 Å². The Kier molecular flexibility index (Phi) is 3.73. The maximum Gasteiger partial charge on any atom is 0.228 e. The molecule has 0 aliphatic carbocycles. The van der Waals surface area contributed by atoms with Gasteiger partial charge in [0.05, 0.1) is 26.7 Å². The summed E-state index contributed by atoms with van der Waals surface area (Å²) in [5.74, 6) is 1.41. The van der Waals surface area contributed by atoms with E-state index in [0.29, 0.717) is 17.9 Å². The number of fused-ring (bicyclic) bond motifs is 1. The van der Waals surface area contributed by atoms with Gasteiger partial charge in [0, 0.05) is 11.8 Å². The van der Waals surface area contributed by atoms with E-state index in [9.17, 15) is 4.79 Å². The molecule has 0 saturated carbocycles. The molecule has 2 aromatic rings. The van der Waals surface area contributed by atoms with Crippen LogP contribution in [0.15, 0.2) is 36.4 Å². The maximum absolute atomic E-state index is 11.4. The van der Waals surface area contributed by atoms with Crippen molar-refractivity contribution < 1.29 is 14.3 Å². The van der Waals surface area contributed by atoms with E-state index < -0.39 is 0 Å². The fraction of sp³-hybridized carbons (Fsp3) is 0.235. The lowest BCUT2D eigenvalue weighted by atomic mass is 9.96. The van der Waals surface area contributed by atoms with Gasteiger partial charge in [0.15, 0.2) is 0 Å². The second-order valence-electron chi connectivity index (χ2n) is 5.27. The van der Waals surface area contributed by atoms with E-state index in [4.69, 9.17) is 15.2 Å². The van der Waals surface area contributed by atoms with Gasteiger partial charge in [0.2, 0.25) is 5.91 Å². The standard InChI is InChI=1S/C17H18N2O3/c1-21-13-6-12(7-14(9-13)22-2)17(18)10-3-4-15-11(5-10)8-16(20)19-15/h3-7,9,17H,8,18H2,1-2H3,(H,19,20).